The number of carbonyl (C=O) groups excluding carboxylic acids is 1. The van der Waals surface area contributed by atoms with E-state index in [1.54, 1.807) is 18.4 Å². The Balaban J connectivity index is 1.36. The number of rotatable bonds is 7. The number of aryl methyl sites for hydroxylation is 1. The van der Waals surface area contributed by atoms with E-state index in [2.05, 4.69) is 29.3 Å². The van der Waals surface area contributed by atoms with Crippen LogP contribution in [0.4, 0.5) is 0 Å². The van der Waals surface area contributed by atoms with Crippen molar-refractivity contribution in [1.82, 2.24) is 4.57 Å². The number of hydrogen-bond acceptors (Lipinski definition) is 6. The van der Waals surface area contributed by atoms with Crippen molar-refractivity contribution >= 4 is 34.2 Å². The topological polar surface area (TPSA) is 69.9 Å². The maximum absolute atomic E-state index is 13.9. The van der Waals surface area contributed by atoms with Gasteiger partial charge in [-0.2, -0.15) is 0 Å². The highest BCUT2D eigenvalue weighted by Crippen LogP contribution is 2.31. The zero-order valence-electron chi connectivity index (χ0n) is 23.7. The average Bonchev–Trinajstić information content (AvgIpc) is 3.29. The maximum atomic E-state index is 13.9. The Morgan fingerprint density at radius 2 is 1.74 bits per heavy atom. The minimum atomic E-state index is -0.626. The number of benzene rings is 4. The number of esters is 1. The van der Waals surface area contributed by atoms with Crippen LogP contribution in [-0.4, -0.2) is 17.1 Å². The Labute approximate surface area is 247 Å². The second-order valence-corrected chi connectivity index (χ2v) is 11.2. The van der Waals surface area contributed by atoms with Crippen molar-refractivity contribution < 1.29 is 14.3 Å². The van der Waals surface area contributed by atoms with Gasteiger partial charge in [-0.3, -0.25) is 9.36 Å². The minimum Gasteiger partial charge on any atom is -0.489 e. The molecule has 42 heavy (non-hydrogen) atoms. The molecule has 0 N–H and O–H groups in total. The van der Waals surface area contributed by atoms with Crippen LogP contribution in [0.2, 0.25) is 0 Å². The predicted octanol–water partition coefficient (Wildman–Crippen LogP) is 5.84. The van der Waals surface area contributed by atoms with Crippen LogP contribution in [0.15, 0.2) is 112 Å². The summed E-state index contributed by atoms with van der Waals surface area (Å²) in [6, 6.07) is 29.4. The van der Waals surface area contributed by atoms with Crippen LogP contribution in [-0.2, 0) is 16.1 Å². The summed E-state index contributed by atoms with van der Waals surface area (Å²) in [7, 11) is 0. The molecular formula is C35H30N2O4S. The Kier molecular flexibility index (Phi) is 7.59. The van der Waals surface area contributed by atoms with Gasteiger partial charge in [0, 0.05) is 0 Å². The number of aromatic nitrogens is 1. The maximum Gasteiger partial charge on any atom is 0.338 e. The van der Waals surface area contributed by atoms with Crippen LogP contribution in [0.5, 0.6) is 5.75 Å². The van der Waals surface area contributed by atoms with E-state index in [1.165, 1.54) is 16.7 Å². The third-order valence-corrected chi connectivity index (χ3v) is 8.32. The molecule has 1 aliphatic rings. The molecule has 0 saturated heterocycles. The first kappa shape index (κ1) is 27.4. The Morgan fingerprint density at radius 3 is 2.55 bits per heavy atom. The summed E-state index contributed by atoms with van der Waals surface area (Å²) in [6.07, 6.45) is 1.85. The number of hydrogen-bond donors (Lipinski definition) is 0. The van der Waals surface area contributed by atoms with E-state index in [0.717, 1.165) is 27.6 Å². The highest BCUT2D eigenvalue weighted by molar-refractivity contribution is 7.07. The summed E-state index contributed by atoms with van der Waals surface area (Å²) in [4.78, 5) is 32.2. The molecule has 7 heteroatoms. The molecule has 6 rings (SSSR count). The summed E-state index contributed by atoms with van der Waals surface area (Å²) in [5.41, 5.74) is 4.58. The van der Waals surface area contributed by atoms with Gasteiger partial charge in [-0.05, 0) is 66.4 Å². The molecule has 1 aromatic heterocycles. The number of carbonyl (C=O) groups is 1. The average molecular weight is 575 g/mol. The summed E-state index contributed by atoms with van der Waals surface area (Å²) < 4.78 is 13.7. The Hall–Kier alpha value is -4.75. The van der Waals surface area contributed by atoms with E-state index in [9.17, 15) is 9.59 Å². The van der Waals surface area contributed by atoms with Crippen LogP contribution in [0.3, 0.4) is 0 Å². The largest absolute Gasteiger partial charge is 0.489 e. The normalized spacial score (nSPS) is 14.9. The van der Waals surface area contributed by atoms with Gasteiger partial charge in [0.05, 0.1) is 28.5 Å². The molecule has 0 amide bonds. The van der Waals surface area contributed by atoms with E-state index in [-0.39, 0.29) is 12.2 Å². The molecule has 5 aromatic rings. The molecule has 4 aromatic carbocycles. The van der Waals surface area contributed by atoms with Crippen LogP contribution in [0, 0.1) is 6.92 Å². The number of ether oxygens (including phenoxy) is 2. The summed E-state index contributed by atoms with van der Waals surface area (Å²) in [5.74, 6) is 0.247. The number of allylic oxidation sites excluding steroid dienone is 1. The van der Waals surface area contributed by atoms with E-state index in [1.807, 2.05) is 79.7 Å². The molecule has 0 spiro atoms. The SMILES string of the molecule is CCOC(=O)C1=C(C)N=c2sc(=Cc3cccc(OCc4cccc5ccccc45)c3)c(=O)n2C1c1ccc(C)cc1. The van der Waals surface area contributed by atoms with Crippen molar-refractivity contribution in [2.45, 2.75) is 33.4 Å². The molecule has 0 bridgehead atoms. The lowest BCUT2D eigenvalue weighted by Gasteiger charge is -2.24. The number of thiazole rings is 1. The van der Waals surface area contributed by atoms with Crippen molar-refractivity contribution in [3.05, 3.63) is 144 Å². The van der Waals surface area contributed by atoms with E-state index >= 15 is 0 Å². The third kappa shape index (κ3) is 5.31. The van der Waals surface area contributed by atoms with Gasteiger partial charge in [-0.25, -0.2) is 9.79 Å². The van der Waals surface area contributed by atoms with E-state index in [0.29, 0.717) is 33.0 Å². The lowest BCUT2D eigenvalue weighted by atomic mass is 9.95. The van der Waals surface area contributed by atoms with E-state index in [4.69, 9.17) is 9.47 Å². The lowest BCUT2D eigenvalue weighted by Crippen LogP contribution is -2.39. The third-order valence-electron chi connectivity index (χ3n) is 7.34. The van der Waals surface area contributed by atoms with Crippen molar-refractivity contribution in [1.29, 1.82) is 0 Å². The molecule has 0 aliphatic carbocycles. The minimum absolute atomic E-state index is 0.208. The first-order chi connectivity index (χ1) is 20.4. The Bertz CT molecular complexity index is 2010. The predicted molar refractivity (Wildman–Crippen MR) is 166 cm³/mol. The zero-order valence-corrected chi connectivity index (χ0v) is 24.5. The molecule has 0 fully saturated rings. The van der Waals surface area contributed by atoms with Gasteiger partial charge < -0.3 is 9.47 Å². The highest BCUT2D eigenvalue weighted by atomic mass is 32.1. The Morgan fingerprint density at radius 1 is 0.976 bits per heavy atom. The van der Waals surface area contributed by atoms with Gasteiger partial charge in [0.15, 0.2) is 4.80 Å². The summed E-state index contributed by atoms with van der Waals surface area (Å²) in [6.45, 7) is 6.23. The second-order valence-electron chi connectivity index (χ2n) is 10.2. The standard InChI is InChI=1S/C35H30N2O4S/c1-4-40-34(39)31-23(3)36-35-37(32(31)26-17-15-22(2)16-18-26)33(38)30(42-35)20-24-9-7-13-28(19-24)41-21-27-12-8-11-25-10-5-6-14-29(25)27/h5-20,32H,4,21H2,1-3H3. The summed E-state index contributed by atoms with van der Waals surface area (Å²) in [5, 5.41) is 2.34. The molecule has 2 heterocycles. The first-order valence-electron chi connectivity index (χ1n) is 13.9. The monoisotopic (exact) mass is 574 g/mol. The van der Waals surface area contributed by atoms with Gasteiger partial charge in [0.2, 0.25) is 0 Å². The van der Waals surface area contributed by atoms with Crippen LogP contribution in [0.1, 0.15) is 42.1 Å². The number of fused-ring (bicyclic) bond motifs is 2. The lowest BCUT2D eigenvalue weighted by molar-refractivity contribution is -0.139. The van der Waals surface area contributed by atoms with Gasteiger partial charge in [-0.1, -0.05) is 95.8 Å². The molecule has 210 valence electrons. The van der Waals surface area contributed by atoms with Gasteiger partial charge in [0.1, 0.15) is 12.4 Å². The van der Waals surface area contributed by atoms with Crippen molar-refractivity contribution in [2.75, 3.05) is 6.61 Å². The van der Waals surface area contributed by atoms with Crippen LogP contribution in [0.25, 0.3) is 16.8 Å². The fraction of sp³-hybridized carbons (Fsp3) is 0.171. The molecule has 1 atom stereocenters. The number of nitrogens with zero attached hydrogens (tertiary/aromatic N) is 2. The zero-order chi connectivity index (χ0) is 29.2. The van der Waals surface area contributed by atoms with Crippen LogP contribution < -0.4 is 19.6 Å². The smallest absolute Gasteiger partial charge is 0.338 e. The fourth-order valence-corrected chi connectivity index (χ4v) is 6.33. The van der Waals surface area contributed by atoms with Gasteiger partial charge in [0.25, 0.3) is 5.56 Å². The van der Waals surface area contributed by atoms with Crippen molar-refractivity contribution in [3.8, 4) is 5.75 Å². The molecule has 0 saturated carbocycles. The highest BCUT2D eigenvalue weighted by Gasteiger charge is 2.33. The molecular weight excluding hydrogens is 544 g/mol. The quantitative estimate of drug-likeness (QED) is 0.229. The molecule has 6 nitrogen and oxygen atoms in total. The molecule has 1 aliphatic heterocycles. The van der Waals surface area contributed by atoms with Gasteiger partial charge >= 0.3 is 5.97 Å². The van der Waals surface area contributed by atoms with Crippen LogP contribution >= 0.6 is 11.3 Å². The van der Waals surface area contributed by atoms with Gasteiger partial charge in [-0.15, -0.1) is 0 Å². The second kappa shape index (κ2) is 11.6. The van der Waals surface area contributed by atoms with E-state index < -0.39 is 12.0 Å². The summed E-state index contributed by atoms with van der Waals surface area (Å²) >= 11 is 1.31. The first-order valence-corrected chi connectivity index (χ1v) is 14.7. The fourth-order valence-electron chi connectivity index (χ4n) is 5.28. The van der Waals surface area contributed by atoms with Crippen molar-refractivity contribution in [2.24, 2.45) is 4.99 Å². The molecule has 1 unspecified atom stereocenters. The van der Waals surface area contributed by atoms with Crippen molar-refractivity contribution in [3.63, 3.8) is 0 Å². The molecule has 0 radical (unpaired) electrons.